The molecule has 6 rings (SSSR count). The van der Waals surface area contributed by atoms with E-state index >= 15 is 0 Å². The molecular weight excluding hydrogens is 620 g/mol. The van der Waals surface area contributed by atoms with E-state index in [1.807, 2.05) is 6.92 Å². The number of methoxy groups -OCH3 is 1. The van der Waals surface area contributed by atoms with Crippen LogP contribution in [-0.2, 0) is 19.0 Å². The van der Waals surface area contributed by atoms with Crippen LogP contribution in [0.25, 0.3) is 0 Å². The molecule has 4 saturated carbocycles. The van der Waals surface area contributed by atoms with Crippen LogP contribution in [0.4, 0.5) is 0 Å². The lowest BCUT2D eigenvalue weighted by atomic mass is 9.33. The van der Waals surface area contributed by atoms with Gasteiger partial charge in [0.1, 0.15) is 29.8 Å². The Morgan fingerprint density at radius 3 is 2.21 bits per heavy atom. The summed E-state index contributed by atoms with van der Waals surface area (Å²) in [6.45, 7) is 12.3. The number of rotatable bonds is 5. The van der Waals surface area contributed by atoms with Gasteiger partial charge >= 0.3 is 5.97 Å². The van der Waals surface area contributed by atoms with Gasteiger partial charge < -0.3 is 50.0 Å². The van der Waals surface area contributed by atoms with Crippen LogP contribution in [0, 0.1) is 50.2 Å². The monoisotopic (exact) mass is 680 g/mol. The van der Waals surface area contributed by atoms with Gasteiger partial charge in [0, 0.05) is 5.41 Å². The van der Waals surface area contributed by atoms with Gasteiger partial charge in [-0.25, -0.2) is 0 Å². The summed E-state index contributed by atoms with van der Waals surface area (Å²) in [5, 5.41) is 76.2. The maximum atomic E-state index is 13.6. The number of aliphatic hydroxyl groups is 7. The predicted molar refractivity (Wildman–Crippen MR) is 174 cm³/mol. The summed E-state index contributed by atoms with van der Waals surface area (Å²) in [6, 6.07) is 0. The molecule has 0 aromatic rings. The van der Waals surface area contributed by atoms with E-state index in [-0.39, 0.29) is 41.2 Å². The van der Waals surface area contributed by atoms with E-state index in [0.717, 1.165) is 32.1 Å². The molecule has 6 aliphatic rings. The Bertz CT molecular complexity index is 1290. The number of ether oxygens (including phenoxy) is 3. The Balaban J connectivity index is 1.36. The molecule has 5 fully saturated rings. The smallest absolute Gasteiger partial charge is 0.315 e. The van der Waals surface area contributed by atoms with Gasteiger partial charge in [-0.1, -0.05) is 53.2 Å². The number of hydrogen-bond acceptors (Lipinski definition) is 11. The lowest BCUT2D eigenvalue weighted by Gasteiger charge is -2.72. The fraction of sp³-hybridized carbons (Fsp3) is 0.919. The topological polar surface area (TPSA) is 186 Å². The van der Waals surface area contributed by atoms with Crippen LogP contribution in [0.3, 0.4) is 0 Å². The van der Waals surface area contributed by atoms with Crippen molar-refractivity contribution in [1.29, 1.82) is 0 Å². The van der Waals surface area contributed by atoms with Crippen molar-refractivity contribution in [3.8, 4) is 0 Å². The zero-order valence-electron chi connectivity index (χ0n) is 29.8. The quantitative estimate of drug-likeness (QED) is 0.128. The molecule has 0 spiro atoms. The molecule has 48 heavy (non-hydrogen) atoms. The molecule has 11 nitrogen and oxygen atoms in total. The molecule has 274 valence electrons. The molecule has 11 heteroatoms. The Hall–Kier alpha value is -1.15. The molecule has 1 aliphatic heterocycles. The summed E-state index contributed by atoms with van der Waals surface area (Å²) >= 11 is 0. The molecule has 1 heterocycles. The Morgan fingerprint density at radius 2 is 1.58 bits per heavy atom. The SMILES string of the molecule is COC(=O)C12CCC(C)(C)CC1C1=CCC3C4(C)CC(O)C(O[C@@H]5O[C@H](CO)[C@@H](O)[C@H](O)[C@H]5O)C(C)(CO)C4CCC3(C)C1(C)CC2O. The van der Waals surface area contributed by atoms with Gasteiger partial charge in [0.2, 0.25) is 0 Å². The van der Waals surface area contributed by atoms with Crippen molar-refractivity contribution in [3.63, 3.8) is 0 Å². The van der Waals surface area contributed by atoms with E-state index < -0.39 is 77.3 Å². The molecule has 16 atom stereocenters. The molecule has 5 aliphatic carbocycles. The van der Waals surface area contributed by atoms with Gasteiger partial charge in [0.15, 0.2) is 6.29 Å². The minimum absolute atomic E-state index is 0.00870. The van der Waals surface area contributed by atoms with Crippen molar-refractivity contribution < 1.29 is 54.8 Å². The molecule has 0 bridgehead atoms. The summed E-state index contributed by atoms with van der Waals surface area (Å²) < 4.78 is 17.3. The van der Waals surface area contributed by atoms with Gasteiger partial charge in [-0.05, 0) is 90.8 Å². The molecule has 0 aromatic heterocycles. The molecule has 0 amide bonds. The predicted octanol–water partition coefficient (Wildman–Crippen LogP) is 2.06. The van der Waals surface area contributed by atoms with Crippen LogP contribution in [0.15, 0.2) is 11.6 Å². The minimum Gasteiger partial charge on any atom is -0.468 e. The summed E-state index contributed by atoms with van der Waals surface area (Å²) in [5.74, 6) is -0.468. The molecule has 0 aromatic carbocycles. The van der Waals surface area contributed by atoms with E-state index in [2.05, 4.69) is 40.7 Å². The lowest BCUT2D eigenvalue weighted by molar-refractivity contribution is -0.345. The van der Waals surface area contributed by atoms with Crippen LogP contribution in [0.5, 0.6) is 0 Å². The Kier molecular flexibility index (Phi) is 9.12. The molecule has 0 radical (unpaired) electrons. The van der Waals surface area contributed by atoms with Gasteiger partial charge in [-0.2, -0.15) is 0 Å². The normalized spacial score (nSPS) is 54.5. The molecular formula is C37H60O11. The highest BCUT2D eigenvalue weighted by atomic mass is 16.7. The van der Waals surface area contributed by atoms with Crippen molar-refractivity contribution in [1.82, 2.24) is 0 Å². The van der Waals surface area contributed by atoms with Gasteiger partial charge in [-0.15, -0.1) is 0 Å². The lowest BCUT2D eigenvalue weighted by Crippen LogP contribution is -2.70. The van der Waals surface area contributed by atoms with Crippen LogP contribution >= 0.6 is 0 Å². The van der Waals surface area contributed by atoms with Crippen molar-refractivity contribution in [2.24, 2.45) is 50.2 Å². The van der Waals surface area contributed by atoms with Crippen LogP contribution < -0.4 is 0 Å². The standard InChI is InChI=1S/C37H60O11/c1-32(2)12-13-37(31(45)46-7)20(14-32)19-8-9-24-33(3)15-21(40)29(48-30-28(44)27(43)26(42)22(17-38)47-30)34(4,18-39)23(33)10-11-35(24,5)36(19,6)16-25(37)41/h8,20-30,38-44H,9-18H2,1-7H3/t20?,21?,22-,23?,24?,25?,26-,27+,28-,29?,30+,33?,34?,35?,36?,37?/m1/s1. The molecule has 11 unspecified atom stereocenters. The third-order valence-corrected chi connectivity index (χ3v) is 15.4. The number of allylic oxidation sites excluding steroid dienone is 2. The number of fused-ring (bicyclic) bond motifs is 7. The number of esters is 1. The highest BCUT2D eigenvalue weighted by molar-refractivity contribution is 5.79. The van der Waals surface area contributed by atoms with Crippen molar-refractivity contribution in [2.75, 3.05) is 20.3 Å². The van der Waals surface area contributed by atoms with Crippen molar-refractivity contribution >= 4 is 5.97 Å². The number of aliphatic hydroxyl groups excluding tert-OH is 7. The van der Waals surface area contributed by atoms with Gasteiger partial charge in [0.25, 0.3) is 0 Å². The average molecular weight is 681 g/mol. The summed E-state index contributed by atoms with van der Waals surface area (Å²) in [6.07, 6.45) is -2.61. The second-order valence-corrected chi connectivity index (χ2v) is 18.2. The van der Waals surface area contributed by atoms with Crippen molar-refractivity contribution in [3.05, 3.63) is 11.6 Å². The third kappa shape index (κ3) is 4.81. The molecule has 7 N–H and O–H groups in total. The summed E-state index contributed by atoms with van der Waals surface area (Å²) in [4.78, 5) is 13.6. The van der Waals surface area contributed by atoms with Gasteiger partial charge in [0.05, 0.1) is 38.6 Å². The van der Waals surface area contributed by atoms with E-state index in [9.17, 15) is 40.5 Å². The van der Waals surface area contributed by atoms with E-state index in [0.29, 0.717) is 19.3 Å². The minimum atomic E-state index is -1.62. The zero-order chi connectivity index (χ0) is 35.4. The van der Waals surface area contributed by atoms with E-state index in [1.165, 1.54) is 12.7 Å². The van der Waals surface area contributed by atoms with Crippen LogP contribution in [0.2, 0.25) is 0 Å². The summed E-state index contributed by atoms with van der Waals surface area (Å²) in [7, 11) is 1.42. The Morgan fingerprint density at radius 1 is 0.896 bits per heavy atom. The highest BCUT2D eigenvalue weighted by Gasteiger charge is 2.72. The molecule has 1 saturated heterocycles. The highest BCUT2D eigenvalue weighted by Crippen LogP contribution is 2.76. The first kappa shape index (κ1) is 36.6. The Labute approximate surface area is 284 Å². The zero-order valence-corrected chi connectivity index (χ0v) is 29.8. The first-order valence-electron chi connectivity index (χ1n) is 18.0. The fourth-order valence-electron chi connectivity index (χ4n) is 12.6. The average Bonchev–Trinajstić information content (AvgIpc) is 3.02. The third-order valence-electron chi connectivity index (χ3n) is 15.4. The first-order valence-corrected chi connectivity index (χ1v) is 18.0. The fourth-order valence-corrected chi connectivity index (χ4v) is 12.6. The maximum Gasteiger partial charge on any atom is 0.315 e. The van der Waals surface area contributed by atoms with Crippen LogP contribution in [0.1, 0.15) is 92.9 Å². The summed E-state index contributed by atoms with van der Waals surface area (Å²) in [5.41, 5.74) is -1.80. The number of carbonyl (C=O) groups excluding carboxylic acids is 1. The first-order chi connectivity index (χ1) is 22.3. The largest absolute Gasteiger partial charge is 0.468 e. The second-order valence-electron chi connectivity index (χ2n) is 18.2. The second kappa shape index (κ2) is 12.0. The number of hydrogen-bond donors (Lipinski definition) is 7. The van der Waals surface area contributed by atoms with Crippen molar-refractivity contribution in [2.45, 2.75) is 142 Å². The number of carbonyl (C=O) groups is 1. The van der Waals surface area contributed by atoms with E-state index in [1.54, 1.807) is 0 Å². The van der Waals surface area contributed by atoms with Crippen LogP contribution in [-0.4, -0.2) is 111 Å². The van der Waals surface area contributed by atoms with E-state index in [4.69, 9.17) is 14.2 Å². The van der Waals surface area contributed by atoms with Gasteiger partial charge in [-0.3, -0.25) is 4.79 Å². The maximum absolute atomic E-state index is 13.6.